The van der Waals surface area contributed by atoms with Crippen molar-refractivity contribution in [3.63, 3.8) is 0 Å². The van der Waals surface area contributed by atoms with Gasteiger partial charge in [-0.25, -0.2) is 0 Å². The lowest BCUT2D eigenvalue weighted by molar-refractivity contribution is 0.0909. The molecule has 0 saturated carbocycles. The minimum Gasteiger partial charge on any atom is -0.398 e. The summed E-state index contributed by atoms with van der Waals surface area (Å²) in [5.41, 5.74) is 7.75. The maximum Gasteiger partial charge on any atom is 0.0558 e. The van der Waals surface area contributed by atoms with Gasteiger partial charge >= 0.3 is 0 Å². The van der Waals surface area contributed by atoms with Crippen LogP contribution < -0.4 is 5.73 Å². The Morgan fingerprint density at radius 3 is 2.60 bits per heavy atom. The molecule has 1 heterocycles. The summed E-state index contributed by atoms with van der Waals surface area (Å²) in [6.07, 6.45) is 4.99. The van der Waals surface area contributed by atoms with E-state index < -0.39 is 0 Å². The molecule has 0 fully saturated rings. The summed E-state index contributed by atoms with van der Waals surface area (Å²) >= 11 is 1.67. The molecule has 0 aromatic carbocycles. The molecule has 4 N–H and O–H groups in total. The van der Waals surface area contributed by atoms with Crippen LogP contribution in [0.25, 0.3) is 5.57 Å². The molecule has 0 radical (unpaired) electrons. The van der Waals surface area contributed by atoms with E-state index in [1.54, 1.807) is 11.3 Å². The highest BCUT2D eigenvalue weighted by Crippen LogP contribution is 2.35. The van der Waals surface area contributed by atoms with Crippen molar-refractivity contribution in [2.45, 2.75) is 18.9 Å². The van der Waals surface area contributed by atoms with Crippen molar-refractivity contribution in [1.82, 2.24) is 4.90 Å². The SMILES string of the molecule is CC1(N(CCO)CCO)C=C(c2cccs2)C(N)=CC1. The Morgan fingerprint density at radius 2 is 2.05 bits per heavy atom. The highest BCUT2D eigenvalue weighted by atomic mass is 32.1. The first-order valence-electron chi connectivity index (χ1n) is 6.80. The van der Waals surface area contributed by atoms with E-state index in [9.17, 15) is 10.2 Å². The van der Waals surface area contributed by atoms with Crippen LogP contribution in [-0.2, 0) is 0 Å². The normalized spacial score (nSPS) is 22.8. The minimum absolute atomic E-state index is 0.0803. The zero-order valence-electron chi connectivity index (χ0n) is 11.7. The Balaban J connectivity index is 2.32. The monoisotopic (exact) mass is 294 g/mol. The van der Waals surface area contributed by atoms with E-state index in [0.717, 1.165) is 22.6 Å². The average Bonchev–Trinajstić information content (AvgIpc) is 2.95. The topological polar surface area (TPSA) is 69.7 Å². The third-order valence-electron chi connectivity index (χ3n) is 3.75. The molecule has 0 saturated heterocycles. The molecule has 0 spiro atoms. The van der Waals surface area contributed by atoms with E-state index in [0.29, 0.717) is 13.1 Å². The van der Waals surface area contributed by atoms with Crippen LogP contribution in [0.4, 0.5) is 0 Å². The smallest absolute Gasteiger partial charge is 0.0558 e. The predicted molar refractivity (Wildman–Crippen MR) is 83.3 cm³/mol. The van der Waals surface area contributed by atoms with Gasteiger partial charge in [0.1, 0.15) is 0 Å². The van der Waals surface area contributed by atoms with Gasteiger partial charge in [-0.1, -0.05) is 18.2 Å². The maximum absolute atomic E-state index is 9.23. The number of aliphatic hydroxyl groups is 2. The van der Waals surface area contributed by atoms with Crippen molar-refractivity contribution in [3.8, 4) is 0 Å². The van der Waals surface area contributed by atoms with Crippen LogP contribution in [0.15, 0.2) is 35.4 Å². The van der Waals surface area contributed by atoms with Gasteiger partial charge in [-0.3, -0.25) is 4.90 Å². The molecule has 1 aliphatic carbocycles. The van der Waals surface area contributed by atoms with Crippen LogP contribution in [0.2, 0.25) is 0 Å². The van der Waals surface area contributed by atoms with Crippen molar-refractivity contribution in [2.24, 2.45) is 5.73 Å². The second-order valence-corrected chi connectivity index (χ2v) is 6.14. The number of nitrogens with two attached hydrogens (primary N) is 1. The quantitative estimate of drug-likeness (QED) is 0.742. The van der Waals surface area contributed by atoms with E-state index in [-0.39, 0.29) is 18.8 Å². The molecule has 5 heteroatoms. The summed E-state index contributed by atoms with van der Waals surface area (Å²) in [5, 5.41) is 20.5. The van der Waals surface area contributed by atoms with E-state index in [2.05, 4.69) is 24.0 Å². The van der Waals surface area contributed by atoms with Crippen molar-refractivity contribution in [1.29, 1.82) is 0 Å². The number of aliphatic hydroxyl groups excluding tert-OH is 2. The van der Waals surface area contributed by atoms with Crippen LogP contribution in [0, 0.1) is 0 Å². The number of allylic oxidation sites excluding steroid dienone is 1. The van der Waals surface area contributed by atoms with Crippen molar-refractivity contribution in [2.75, 3.05) is 26.3 Å². The molecule has 110 valence electrons. The third-order valence-corrected chi connectivity index (χ3v) is 4.65. The Kier molecular flexibility index (Phi) is 4.99. The standard InChI is InChI=1S/C15H22N2O2S/c1-15(17(6-8-18)7-9-19)5-4-13(16)12(11-15)14-3-2-10-20-14/h2-4,10-11,18-19H,5-9,16H2,1H3. The second kappa shape index (κ2) is 6.54. The Bertz CT molecular complexity index is 490. The van der Waals surface area contributed by atoms with Crippen LogP contribution in [0.3, 0.4) is 0 Å². The van der Waals surface area contributed by atoms with Gasteiger partial charge < -0.3 is 15.9 Å². The number of hydrogen-bond acceptors (Lipinski definition) is 5. The van der Waals surface area contributed by atoms with Crippen LogP contribution in [0.5, 0.6) is 0 Å². The first kappa shape index (κ1) is 15.3. The largest absolute Gasteiger partial charge is 0.398 e. The second-order valence-electron chi connectivity index (χ2n) is 5.19. The van der Waals surface area contributed by atoms with Gasteiger partial charge in [-0.2, -0.15) is 0 Å². The van der Waals surface area contributed by atoms with E-state index >= 15 is 0 Å². The molecule has 0 bridgehead atoms. The van der Waals surface area contributed by atoms with Gasteiger partial charge in [0.25, 0.3) is 0 Å². The molecule has 1 aliphatic rings. The number of β-amino-alcohol motifs (C(OH)–C–C–N with tert-alkyl or cyclic N) is 2. The molecule has 1 unspecified atom stereocenters. The Labute approximate surface area is 123 Å². The molecule has 2 rings (SSSR count). The molecular formula is C15H22N2O2S. The number of nitrogens with zero attached hydrogens (tertiary/aromatic N) is 1. The van der Waals surface area contributed by atoms with E-state index in [1.165, 1.54) is 0 Å². The van der Waals surface area contributed by atoms with Crippen molar-refractivity contribution in [3.05, 3.63) is 40.2 Å². The lowest BCUT2D eigenvalue weighted by Crippen LogP contribution is -2.48. The van der Waals surface area contributed by atoms with Crippen LogP contribution in [0.1, 0.15) is 18.2 Å². The molecule has 1 atom stereocenters. The van der Waals surface area contributed by atoms with Gasteiger partial charge in [-0.05, 0) is 24.8 Å². The fraction of sp³-hybridized carbons (Fsp3) is 0.467. The summed E-state index contributed by atoms with van der Waals surface area (Å²) in [6.45, 7) is 3.36. The Hall–Kier alpha value is -1.14. The van der Waals surface area contributed by atoms with Gasteiger partial charge in [0.15, 0.2) is 0 Å². The Morgan fingerprint density at radius 1 is 1.35 bits per heavy atom. The first-order valence-corrected chi connectivity index (χ1v) is 7.68. The fourth-order valence-electron chi connectivity index (χ4n) is 2.61. The zero-order valence-corrected chi connectivity index (χ0v) is 12.6. The highest BCUT2D eigenvalue weighted by Gasteiger charge is 2.32. The predicted octanol–water partition coefficient (Wildman–Crippen LogP) is 1.42. The van der Waals surface area contributed by atoms with E-state index in [4.69, 9.17) is 5.73 Å². The maximum atomic E-state index is 9.23. The zero-order chi connectivity index (χ0) is 14.6. The first-order chi connectivity index (χ1) is 9.60. The van der Waals surface area contributed by atoms with Gasteiger partial charge in [0, 0.05) is 34.8 Å². The van der Waals surface area contributed by atoms with Crippen LogP contribution >= 0.6 is 11.3 Å². The van der Waals surface area contributed by atoms with Crippen molar-refractivity contribution < 1.29 is 10.2 Å². The summed E-state index contributed by atoms with van der Waals surface area (Å²) in [5.74, 6) is 0. The molecule has 1 aromatic rings. The minimum atomic E-state index is -0.229. The van der Waals surface area contributed by atoms with Gasteiger partial charge in [0.2, 0.25) is 0 Å². The highest BCUT2D eigenvalue weighted by molar-refractivity contribution is 7.11. The lowest BCUT2D eigenvalue weighted by Gasteiger charge is -2.40. The summed E-state index contributed by atoms with van der Waals surface area (Å²) in [4.78, 5) is 3.25. The average molecular weight is 294 g/mol. The number of rotatable bonds is 6. The fourth-order valence-corrected chi connectivity index (χ4v) is 3.37. The molecule has 1 aromatic heterocycles. The summed E-state index contributed by atoms with van der Waals surface area (Å²) in [7, 11) is 0. The number of thiophene rings is 1. The molecule has 0 amide bonds. The lowest BCUT2D eigenvalue weighted by atomic mass is 9.86. The van der Waals surface area contributed by atoms with E-state index in [1.807, 2.05) is 17.5 Å². The van der Waals surface area contributed by atoms with Gasteiger partial charge in [0.05, 0.1) is 13.2 Å². The molecule has 4 nitrogen and oxygen atoms in total. The summed E-state index contributed by atoms with van der Waals surface area (Å²) < 4.78 is 0. The molecular weight excluding hydrogens is 272 g/mol. The summed E-state index contributed by atoms with van der Waals surface area (Å²) in [6, 6.07) is 4.07. The molecule has 0 aliphatic heterocycles. The third kappa shape index (κ3) is 3.12. The van der Waals surface area contributed by atoms with Crippen LogP contribution in [-0.4, -0.2) is 47.0 Å². The van der Waals surface area contributed by atoms with Crippen molar-refractivity contribution >= 4 is 16.9 Å². The number of hydrogen-bond donors (Lipinski definition) is 3. The van der Waals surface area contributed by atoms with Gasteiger partial charge in [-0.15, -0.1) is 11.3 Å². The molecule has 20 heavy (non-hydrogen) atoms.